The zero-order chi connectivity index (χ0) is 34.4. The Labute approximate surface area is 303 Å². The third kappa shape index (κ3) is 33.9. The Hall–Kier alpha value is -0.0300. The van der Waals surface area contributed by atoms with Crippen LogP contribution in [0.15, 0.2) is 0 Å². The molecule has 0 saturated carbocycles. The van der Waals surface area contributed by atoms with E-state index in [2.05, 4.69) is 18.4 Å². The van der Waals surface area contributed by atoms with Gasteiger partial charge in [0.2, 0.25) is 0 Å². The molecule has 0 fully saturated rings. The Balaban J connectivity index is 0. The Morgan fingerprint density at radius 2 is 1.02 bits per heavy atom. The molecule has 0 aromatic heterocycles. The second kappa shape index (κ2) is 34.8. The molecule has 0 aromatic rings. The van der Waals surface area contributed by atoms with Crippen LogP contribution in [0.25, 0.3) is 0 Å². The first-order chi connectivity index (χ1) is 22.0. The fourth-order valence-corrected chi connectivity index (χ4v) is 5.63. The van der Waals surface area contributed by atoms with Gasteiger partial charge in [0.1, 0.15) is 12.7 Å². The maximum atomic E-state index is 12.5. The average molecular weight is 693 g/mol. The maximum Gasteiger partial charge on any atom is 1.00 e. The van der Waals surface area contributed by atoms with Crippen LogP contribution in [-0.4, -0.2) is 60.8 Å². The maximum absolute atomic E-state index is 12.5. The van der Waals surface area contributed by atoms with Gasteiger partial charge in [-0.1, -0.05) is 142 Å². The molecule has 46 heavy (non-hydrogen) atoms. The Bertz CT molecular complexity index is 790. The van der Waals surface area contributed by atoms with Crippen LogP contribution in [0.3, 0.4) is 0 Å². The fourth-order valence-electron chi connectivity index (χ4n) is 4.90. The number of unbranched alkanes of at least 4 members (excludes halogenated alkanes) is 20. The van der Waals surface area contributed by atoms with Crippen LogP contribution < -0.4 is 34.5 Å². The molecule has 0 radical (unpaired) electrons. The molecule has 0 rings (SSSR count). The monoisotopic (exact) mass is 692 g/mol. The van der Waals surface area contributed by atoms with Gasteiger partial charge in [-0.3, -0.25) is 14.2 Å². The van der Waals surface area contributed by atoms with Crippen LogP contribution in [-0.2, 0) is 32.7 Å². The zero-order valence-electron chi connectivity index (χ0n) is 30.5. The summed E-state index contributed by atoms with van der Waals surface area (Å²) in [7, 11) is -5.01. The van der Waals surface area contributed by atoms with E-state index in [1.165, 1.54) is 89.9 Å². The van der Waals surface area contributed by atoms with Crippen molar-refractivity contribution in [2.75, 3.05) is 26.4 Å². The minimum Gasteiger partial charge on any atom is -0.756 e. The molecular formula is C34H66NaO10P. The van der Waals surface area contributed by atoms with Gasteiger partial charge in [-0.25, -0.2) is 0 Å². The molecule has 1 unspecified atom stereocenters. The summed E-state index contributed by atoms with van der Waals surface area (Å²) in [6, 6.07) is 0. The molecule has 12 heteroatoms. The van der Waals surface area contributed by atoms with E-state index in [1.807, 2.05) is 0 Å². The molecule has 0 aliphatic carbocycles. The van der Waals surface area contributed by atoms with Crippen molar-refractivity contribution in [3.63, 3.8) is 0 Å². The van der Waals surface area contributed by atoms with Gasteiger partial charge in [0.25, 0.3) is 7.82 Å². The smallest absolute Gasteiger partial charge is 0.756 e. The van der Waals surface area contributed by atoms with E-state index in [0.29, 0.717) is 12.8 Å². The average Bonchev–Trinajstić information content (AvgIpc) is 3.03. The van der Waals surface area contributed by atoms with Crippen LogP contribution >= 0.6 is 7.82 Å². The van der Waals surface area contributed by atoms with E-state index in [0.717, 1.165) is 38.5 Å². The summed E-state index contributed by atoms with van der Waals surface area (Å²) in [6.45, 7) is 1.31. The van der Waals surface area contributed by atoms with Crippen molar-refractivity contribution < 1.29 is 78.7 Å². The second-order valence-corrected chi connectivity index (χ2v) is 13.5. The quantitative estimate of drug-likeness (QED) is 0.0319. The molecular weight excluding hydrogens is 625 g/mol. The number of hydrogen-bond acceptors (Lipinski definition) is 10. The topological polar surface area (TPSA) is 152 Å². The number of rotatable bonds is 34. The van der Waals surface area contributed by atoms with E-state index in [1.54, 1.807) is 0 Å². The predicted octanol–water partition coefficient (Wildman–Crippen LogP) is 4.70. The van der Waals surface area contributed by atoms with Gasteiger partial charge in [0.15, 0.2) is 6.10 Å². The van der Waals surface area contributed by atoms with Gasteiger partial charge >= 0.3 is 41.5 Å². The van der Waals surface area contributed by atoms with Gasteiger partial charge in [-0.15, -0.1) is 0 Å². The summed E-state index contributed by atoms with van der Waals surface area (Å²) in [4.78, 5) is 36.9. The summed E-state index contributed by atoms with van der Waals surface area (Å²) < 4.78 is 39.3. The van der Waals surface area contributed by atoms with Crippen molar-refractivity contribution in [2.24, 2.45) is 0 Å². The standard InChI is InChI=1S/C34H67O10P.Na/c1-3-5-7-9-11-13-15-17-19-21-23-25-33(37)41-29-32(30-43-45(39,40)42-28-31(36)27-35)44-34(38)26-24-22-20-18-16-14-12-10-8-6-4-2;/h31-32,35-36H,3-30H2,1-2H3,(H,39,40);/q;+1/p-1/t31-,32+;/m0./s1/i27+1,28+1,31+1D;. The van der Waals surface area contributed by atoms with Crippen molar-refractivity contribution >= 4 is 19.8 Å². The van der Waals surface area contributed by atoms with Gasteiger partial charge in [-0.05, 0) is 12.8 Å². The van der Waals surface area contributed by atoms with E-state index >= 15 is 0 Å². The Morgan fingerprint density at radius 1 is 0.652 bits per heavy atom. The molecule has 0 saturated heterocycles. The number of carbonyl (C=O) groups is 2. The number of hydrogen-bond donors (Lipinski definition) is 2. The first-order valence-corrected chi connectivity index (χ1v) is 19.3. The van der Waals surface area contributed by atoms with Crippen LogP contribution in [0.2, 0.25) is 0 Å². The molecule has 10 nitrogen and oxygen atoms in total. The predicted molar refractivity (Wildman–Crippen MR) is 176 cm³/mol. The van der Waals surface area contributed by atoms with Crippen molar-refractivity contribution in [1.82, 2.24) is 0 Å². The van der Waals surface area contributed by atoms with E-state index in [4.69, 9.17) is 20.5 Å². The number of carbonyl (C=O) groups excluding carboxylic acids is 2. The van der Waals surface area contributed by atoms with Crippen LogP contribution in [0.4, 0.5) is 0 Å². The minimum atomic E-state index is -5.01. The summed E-state index contributed by atoms with van der Waals surface area (Å²) in [6.07, 6.45) is 21.9. The SMILES string of the molecule is [2H][13C@](O)([13CH2]O)[13CH2]OP(=O)([O-])OC[C@@H](COC(=O)CCCCCCCCCCCCC)OC(=O)CCCCCCCCCCCCC.[Na+]. The van der Waals surface area contributed by atoms with Crippen LogP contribution in [0.1, 0.15) is 169 Å². The summed E-state index contributed by atoms with van der Waals surface area (Å²) >= 11 is 0. The number of phosphoric ester groups is 1. The number of ether oxygens (including phenoxy) is 2. The molecule has 0 aromatic carbocycles. The van der Waals surface area contributed by atoms with E-state index < -0.39 is 51.8 Å². The van der Waals surface area contributed by atoms with Gasteiger partial charge < -0.3 is 33.6 Å². The Kier molecular flexibility index (Phi) is 34.8. The van der Waals surface area contributed by atoms with Gasteiger partial charge in [-0.2, -0.15) is 0 Å². The number of phosphoric acid groups is 1. The normalized spacial score (nSPS) is 14.8. The number of esters is 2. The summed E-state index contributed by atoms with van der Waals surface area (Å²) in [5, 5.41) is 18.4. The first kappa shape index (κ1) is 46.0. The number of aliphatic hydroxyl groups excluding tert-OH is 1. The van der Waals surface area contributed by atoms with Crippen molar-refractivity contribution in [1.29, 1.82) is 0 Å². The molecule has 0 aliphatic rings. The minimum absolute atomic E-state index is 0. The van der Waals surface area contributed by atoms with E-state index in [9.17, 15) is 24.2 Å². The van der Waals surface area contributed by atoms with Crippen molar-refractivity contribution in [3.8, 4) is 0 Å². The van der Waals surface area contributed by atoms with Crippen molar-refractivity contribution in [2.45, 2.75) is 180 Å². The summed E-state index contributed by atoms with van der Waals surface area (Å²) in [5.41, 5.74) is 0. The second-order valence-electron chi connectivity index (χ2n) is 12.1. The van der Waals surface area contributed by atoms with Gasteiger partial charge in [0.05, 0.1) is 21.2 Å². The third-order valence-corrected chi connectivity index (χ3v) is 8.60. The van der Waals surface area contributed by atoms with Crippen LogP contribution in [0, 0.1) is 0 Å². The summed E-state index contributed by atoms with van der Waals surface area (Å²) in [5.74, 6) is -1.01. The Morgan fingerprint density at radius 3 is 1.43 bits per heavy atom. The number of aliphatic hydroxyl groups is 2. The zero-order valence-corrected chi connectivity index (χ0v) is 32.4. The van der Waals surface area contributed by atoms with Crippen molar-refractivity contribution in [3.05, 3.63) is 0 Å². The first-order valence-electron chi connectivity index (χ1n) is 18.3. The molecule has 0 amide bonds. The third-order valence-electron chi connectivity index (χ3n) is 7.69. The molecule has 0 heterocycles. The molecule has 0 aliphatic heterocycles. The molecule has 0 bridgehead atoms. The molecule has 3 atom stereocenters. The van der Waals surface area contributed by atoms with Crippen LogP contribution in [0.5, 0.6) is 0 Å². The van der Waals surface area contributed by atoms with Gasteiger partial charge in [0, 0.05) is 12.8 Å². The van der Waals surface area contributed by atoms with E-state index in [-0.39, 0.29) is 49.0 Å². The molecule has 0 spiro atoms. The largest absolute Gasteiger partial charge is 1.00 e. The molecule has 2 N–H and O–H groups in total. The fraction of sp³-hybridized carbons (Fsp3) is 0.941. The molecule has 268 valence electrons.